The van der Waals surface area contributed by atoms with E-state index in [0.29, 0.717) is 0 Å². The molecule has 1 heterocycles. The van der Waals surface area contributed by atoms with Crippen LogP contribution < -0.4 is 5.73 Å². The van der Waals surface area contributed by atoms with Crippen LogP contribution in [0.4, 0.5) is 8.78 Å². The van der Waals surface area contributed by atoms with Crippen molar-refractivity contribution in [2.45, 2.75) is 6.43 Å². The van der Waals surface area contributed by atoms with Crippen molar-refractivity contribution in [3.05, 3.63) is 21.0 Å². The van der Waals surface area contributed by atoms with Gasteiger partial charge in [-0.05, 0) is 28.7 Å². The van der Waals surface area contributed by atoms with E-state index in [1.807, 2.05) is 0 Å². The van der Waals surface area contributed by atoms with Crippen molar-refractivity contribution in [3.8, 4) is 5.75 Å². The fraction of sp³-hybridized carbons (Fsp3) is 0.143. The van der Waals surface area contributed by atoms with Gasteiger partial charge in [0, 0.05) is 0 Å². The summed E-state index contributed by atoms with van der Waals surface area (Å²) in [5.41, 5.74) is 3.94. The van der Waals surface area contributed by atoms with E-state index >= 15 is 0 Å². The molecule has 0 saturated carbocycles. The van der Waals surface area contributed by atoms with Crippen LogP contribution in [0, 0.1) is 3.70 Å². The molecule has 0 aliphatic heterocycles. The van der Waals surface area contributed by atoms with E-state index in [1.54, 1.807) is 22.6 Å². The Morgan fingerprint density at radius 1 is 1.64 bits per heavy atom. The molecule has 0 radical (unpaired) electrons. The van der Waals surface area contributed by atoms with Crippen LogP contribution in [0.1, 0.15) is 22.5 Å². The van der Waals surface area contributed by atoms with Crippen molar-refractivity contribution in [1.82, 2.24) is 4.98 Å². The lowest BCUT2D eigenvalue weighted by molar-refractivity contribution is 0.0994. The average Bonchev–Trinajstić information content (AvgIpc) is 2.08. The molecule has 3 N–H and O–H groups in total. The molecule has 0 atom stereocenters. The number of rotatable bonds is 2. The Hall–Kier alpha value is -0.990. The number of alkyl halides is 2. The van der Waals surface area contributed by atoms with Crippen LogP contribution in [0.2, 0.25) is 0 Å². The second-order valence-corrected chi connectivity index (χ2v) is 3.42. The first kappa shape index (κ1) is 11.1. The molecule has 0 fully saturated rings. The van der Waals surface area contributed by atoms with Crippen molar-refractivity contribution in [1.29, 1.82) is 0 Å². The monoisotopic (exact) mass is 314 g/mol. The average molecular weight is 314 g/mol. The summed E-state index contributed by atoms with van der Waals surface area (Å²) in [7, 11) is 0. The van der Waals surface area contributed by atoms with E-state index in [9.17, 15) is 18.7 Å². The quantitative estimate of drug-likeness (QED) is 0.640. The summed E-state index contributed by atoms with van der Waals surface area (Å²) in [6.07, 6.45) is -2.87. The molecule has 0 spiro atoms. The minimum Gasteiger partial charge on any atom is -0.505 e. The summed E-state index contributed by atoms with van der Waals surface area (Å²) in [5, 5.41) is 9.17. The lowest BCUT2D eigenvalue weighted by Crippen LogP contribution is -2.14. The number of hydrogen-bond acceptors (Lipinski definition) is 3. The topological polar surface area (TPSA) is 76.2 Å². The Morgan fingerprint density at radius 2 is 2.21 bits per heavy atom. The highest BCUT2D eigenvalue weighted by Crippen LogP contribution is 2.31. The normalized spacial score (nSPS) is 10.6. The van der Waals surface area contributed by atoms with Crippen molar-refractivity contribution in [3.63, 3.8) is 0 Å². The first-order chi connectivity index (χ1) is 6.43. The number of amides is 1. The first-order valence-corrected chi connectivity index (χ1v) is 4.48. The first-order valence-electron chi connectivity index (χ1n) is 3.41. The van der Waals surface area contributed by atoms with Crippen LogP contribution in [-0.2, 0) is 0 Å². The molecule has 0 aliphatic rings. The van der Waals surface area contributed by atoms with Gasteiger partial charge in [0.15, 0.2) is 5.75 Å². The fourth-order valence-electron chi connectivity index (χ4n) is 0.818. The third kappa shape index (κ3) is 2.08. The van der Waals surface area contributed by atoms with Crippen LogP contribution in [0.25, 0.3) is 0 Å². The number of nitrogens with two attached hydrogens (primary N) is 1. The van der Waals surface area contributed by atoms with E-state index in [4.69, 9.17) is 5.73 Å². The van der Waals surface area contributed by atoms with Crippen molar-refractivity contribution < 1.29 is 18.7 Å². The lowest BCUT2D eigenvalue weighted by Gasteiger charge is -2.06. The van der Waals surface area contributed by atoms with Crippen molar-refractivity contribution in [2.75, 3.05) is 0 Å². The molecule has 14 heavy (non-hydrogen) atoms. The molecule has 0 bridgehead atoms. The van der Waals surface area contributed by atoms with E-state index in [1.165, 1.54) is 0 Å². The van der Waals surface area contributed by atoms with Crippen molar-refractivity contribution >= 4 is 28.5 Å². The molecule has 1 aromatic heterocycles. The zero-order valence-electron chi connectivity index (χ0n) is 6.67. The SMILES string of the molecule is NC(=O)c1cc(C(F)F)c(O)c(I)n1. The Bertz CT molecular complexity index is 384. The van der Waals surface area contributed by atoms with E-state index in [0.717, 1.165) is 6.07 Å². The summed E-state index contributed by atoms with van der Waals surface area (Å²) in [4.78, 5) is 14.2. The highest BCUT2D eigenvalue weighted by molar-refractivity contribution is 14.1. The van der Waals surface area contributed by atoms with Gasteiger partial charge in [0.25, 0.3) is 12.3 Å². The predicted molar refractivity (Wildman–Crippen MR) is 52.1 cm³/mol. The molecule has 0 unspecified atom stereocenters. The predicted octanol–water partition coefficient (Wildman–Crippen LogP) is 1.43. The van der Waals surface area contributed by atoms with E-state index in [-0.39, 0.29) is 9.39 Å². The van der Waals surface area contributed by atoms with Gasteiger partial charge < -0.3 is 10.8 Å². The number of aromatic nitrogens is 1. The van der Waals surface area contributed by atoms with Gasteiger partial charge in [-0.3, -0.25) is 4.79 Å². The highest BCUT2D eigenvalue weighted by atomic mass is 127. The van der Waals surface area contributed by atoms with Gasteiger partial charge in [-0.1, -0.05) is 0 Å². The van der Waals surface area contributed by atoms with Gasteiger partial charge in [0.1, 0.15) is 9.39 Å². The molecule has 4 nitrogen and oxygen atoms in total. The number of hydrogen-bond donors (Lipinski definition) is 2. The molecule has 0 saturated heterocycles. The zero-order chi connectivity index (χ0) is 10.9. The number of carbonyl (C=O) groups excluding carboxylic acids is 1. The zero-order valence-corrected chi connectivity index (χ0v) is 8.83. The third-order valence-electron chi connectivity index (χ3n) is 1.47. The number of nitrogens with zero attached hydrogens (tertiary/aromatic N) is 1. The molecule has 0 aromatic carbocycles. The van der Waals surface area contributed by atoms with E-state index < -0.39 is 23.6 Å². The molecular formula is C7H5F2IN2O2. The third-order valence-corrected chi connectivity index (χ3v) is 2.22. The van der Waals surface area contributed by atoms with Crippen LogP contribution in [0.15, 0.2) is 6.07 Å². The molecule has 1 amide bonds. The second kappa shape index (κ2) is 4.03. The summed E-state index contributed by atoms with van der Waals surface area (Å²) in [5.74, 6) is -1.53. The van der Waals surface area contributed by atoms with Gasteiger partial charge in [-0.25, -0.2) is 13.8 Å². The summed E-state index contributed by atoms with van der Waals surface area (Å²) in [6, 6.07) is 0.782. The number of carbonyl (C=O) groups is 1. The van der Waals surface area contributed by atoms with E-state index in [2.05, 4.69) is 4.98 Å². The summed E-state index contributed by atoms with van der Waals surface area (Å²) in [6.45, 7) is 0. The number of pyridine rings is 1. The minimum absolute atomic E-state index is 0.0748. The Morgan fingerprint density at radius 3 is 2.64 bits per heavy atom. The molecule has 7 heteroatoms. The largest absolute Gasteiger partial charge is 0.505 e. The highest BCUT2D eigenvalue weighted by Gasteiger charge is 2.19. The van der Waals surface area contributed by atoms with Crippen molar-refractivity contribution in [2.24, 2.45) is 5.73 Å². The summed E-state index contributed by atoms with van der Waals surface area (Å²) < 4.78 is 24.5. The lowest BCUT2D eigenvalue weighted by atomic mass is 10.2. The second-order valence-electron chi connectivity index (χ2n) is 2.40. The molecule has 0 aliphatic carbocycles. The minimum atomic E-state index is -2.87. The number of aromatic hydroxyl groups is 1. The smallest absolute Gasteiger partial charge is 0.267 e. The van der Waals surface area contributed by atoms with Gasteiger partial charge in [-0.15, -0.1) is 0 Å². The Kier molecular flexibility index (Phi) is 3.19. The van der Waals surface area contributed by atoms with Crippen LogP contribution >= 0.6 is 22.6 Å². The molecule has 1 rings (SSSR count). The van der Waals surface area contributed by atoms with Crippen LogP contribution in [0.5, 0.6) is 5.75 Å². The maximum absolute atomic E-state index is 12.3. The standard InChI is InChI=1S/C7H5F2IN2O2/c8-5(9)2-1-3(7(11)14)12-6(10)4(2)13/h1,5,13H,(H2,11,14). The fourth-order valence-corrected chi connectivity index (χ4v) is 1.39. The van der Waals surface area contributed by atoms with Gasteiger partial charge in [0.2, 0.25) is 0 Å². The van der Waals surface area contributed by atoms with Gasteiger partial charge in [-0.2, -0.15) is 0 Å². The number of halogens is 3. The summed E-state index contributed by atoms with van der Waals surface area (Å²) >= 11 is 1.54. The maximum atomic E-state index is 12.3. The Balaban J connectivity index is 3.35. The molecular weight excluding hydrogens is 309 g/mol. The van der Waals surface area contributed by atoms with Gasteiger partial charge in [0.05, 0.1) is 5.56 Å². The maximum Gasteiger partial charge on any atom is 0.267 e. The van der Waals surface area contributed by atoms with Gasteiger partial charge >= 0.3 is 0 Å². The van der Waals surface area contributed by atoms with Crippen LogP contribution in [0.3, 0.4) is 0 Å². The molecule has 1 aromatic rings. The Labute approximate surface area is 91.3 Å². The van der Waals surface area contributed by atoms with Crippen LogP contribution in [-0.4, -0.2) is 16.0 Å². The molecule has 76 valence electrons. The number of primary amides is 1.